The average Bonchev–Trinajstić information content (AvgIpc) is 4.14. The van der Waals surface area contributed by atoms with Gasteiger partial charge in [0.05, 0.1) is 52.6 Å². The molecule has 2 aromatic heterocycles. The number of aromatic nitrogens is 4. The van der Waals surface area contributed by atoms with E-state index in [0.717, 1.165) is 98.2 Å². The molecular weight excluding hydrogens is 969 g/mol. The Morgan fingerprint density at radius 2 is 1.25 bits per heavy atom. The van der Waals surface area contributed by atoms with Crippen molar-refractivity contribution in [3.8, 4) is 0 Å². The third-order valence-electron chi connectivity index (χ3n) is 12.5. The van der Waals surface area contributed by atoms with Gasteiger partial charge in [0.25, 0.3) is 21.6 Å². The van der Waals surface area contributed by atoms with Crippen molar-refractivity contribution in [2.45, 2.75) is 64.4 Å². The molecule has 0 saturated carbocycles. The zero-order valence-corrected chi connectivity index (χ0v) is 43.6. The lowest BCUT2D eigenvalue weighted by Gasteiger charge is -2.37. The summed E-state index contributed by atoms with van der Waals surface area (Å²) in [5.74, 6) is 1.27. The van der Waals surface area contributed by atoms with Gasteiger partial charge in [0, 0.05) is 93.8 Å². The van der Waals surface area contributed by atoms with E-state index in [1.54, 1.807) is 54.2 Å². The highest BCUT2D eigenvalue weighted by Crippen LogP contribution is 2.32. The molecule has 0 radical (unpaired) electrons. The normalized spacial score (nSPS) is 14.1. The molecule has 380 valence electrons. The average molecular weight is 1030 g/mol. The molecule has 4 heterocycles. The number of aromatic amines is 2. The predicted octanol–water partition coefficient (Wildman–Crippen LogP) is 8.33. The van der Waals surface area contributed by atoms with Crippen molar-refractivity contribution < 1.29 is 18.1 Å². The van der Waals surface area contributed by atoms with Gasteiger partial charge in [-0.15, -0.1) is 0 Å². The first-order chi connectivity index (χ1) is 34.7. The first kappa shape index (κ1) is 52.9. The zero-order valence-electron chi connectivity index (χ0n) is 41.2. The number of amides is 1. The molecule has 72 heavy (non-hydrogen) atoms. The number of piperazine rings is 1. The molecule has 6 aromatic rings. The van der Waals surface area contributed by atoms with Crippen LogP contribution in [0.3, 0.4) is 0 Å². The first-order valence-corrected chi connectivity index (χ1v) is 26.5. The number of hydrogen-bond donors (Lipinski definition) is 4. The molecule has 8 rings (SSSR count). The number of piperidine rings is 1. The highest BCUT2D eigenvalue weighted by atomic mass is 32.2. The number of sulfonamides is 1. The number of imidazole rings is 2. The lowest BCUT2D eigenvalue weighted by atomic mass is 9.89. The van der Waals surface area contributed by atoms with E-state index in [2.05, 4.69) is 85.1 Å². The molecule has 0 atom stereocenters. The van der Waals surface area contributed by atoms with Gasteiger partial charge in [0.15, 0.2) is 10.2 Å². The molecule has 2 aliphatic rings. The second kappa shape index (κ2) is 25.0. The second-order valence-corrected chi connectivity index (χ2v) is 21.3. The Kier molecular flexibility index (Phi) is 18.4. The fourth-order valence-electron chi connectivity index (χ4n) is 8.41. The number of nitro benzene ring substituents is 1. The van der Waals surface area contributed by atoms with E-state index in [1.807, 2.05) is 42.5 Å². The number of rotatable bonds is 16. The van der Waals surface area contributed by atoms with Crippen molar-refractivity contribution in [1.82, 2.24) is 40.4 Å². The fraction of sp³-hybridized carbons (Fsp3) is 0.365. The van der Waals surface area contributed by atoms with Gasteiger partial charge in [-0.3, -0.25) is 19.2 Å². The van der Waals surface area contributed by atoms with Gasteiger partial charge >= 0.3 is 0 Å². The van der Waals surface area contributed by atoms with Crippen LogP contribution in [0.15, 0.2) is 133 Å². The van der Waals surface area contributed by atoms with Crippen LogP contribution in [0.2, 0.25) is 0 Å². The third kappa shape index (κ3) is 14.2. The molecule has 4 N–H and O–H groups in total. The summed E-state index contributed by atoms with van der Waals surface area (Å²) in [5, 5.41) is 19.3. The standard InChI is InChI=1S/C26H31N7O3S.C26H33N5O2S2/c1-19(2)15-28-26(37)31-13-11-30(12-14-31)22-7-9-23(10-8-22)32(17-21-16-27-18-29-21)25(34)20-3-5-24(6-4-20)33(35)36;1-20(2)16-28-26(34)30-14-12-22(13-15-30)21-8-10-24(11-9-21)31(18-23-17-27-19-29-23)35(32,33)25-6-4-3-5-7-25/h3-10,16,18-19H,11-15,17H2,1-2H3,(H,27,29)(H,28,37);3-11,17,19-20,22H,12-16,18H2,1-2H3,(H,27,29)(H,28,34). The Labute approximate surface area is 433 Å². The molecule has 1 amide bonds. The molecule has 0 bridgehead atoms. The van der Waals surface area contributed by atoms with Gasteiger partial charge in [-0.1, -0.05) is 58.0 Å². The number of nitrogens with zero attached hydrogens (tertiary/aromatic N) is 8. The fourth-order valence-corrected chi connectivity index (χ4v) is 10.4. The van der Waals surface area contributed by atoms with Crippen LogP contribution in [0.5, 0.6) is 0 Å². The molecule has 0 spiro atoms. The quantitative estimate of drug-likeness (QED) is 0.0411. The number of thiocarbonyl (C=S) groups is 2. The predicted molar refractivity (Wildman–Crippen MR) is 292 cm³/mol. The summed E-state index contributed by atoms with van der Waals surface area (Å²) in [6.07, 6.45) is 8.48. The smallest absolute Gasteiger partial charge is 0.269 e. The van der Waals surface area contributed by atoms with Gasteiger partial charge in [0.1, 0.15) is 0 Å². The summed E-state index contributed by atoms with van der Waals surface area (Å²) in [6, 6.07) is 30.0. The molecular formula is C52H64N12O5S3. The third-order valence-corrected chi connectivity index (χ3v) is 15.1. The Hall–Kier alpha value is -6.90. The Balaban J connectivity index is 0.000000212. The topological polar surface area (TPSA) is 192 Å². The van der Waals surface area contributed by atoms with Crippen LogP contribution in [-0.4, -0.2) is 112 Å². The summed E-state index contributed by atoms with van der Waals surface area (Å²) in [4.78, 5) is 46.7. The van der Waals surface area contributed by atoms with E-state index in [4.69, 9.17) is 24.4 Å². The van der Waals surface area contributed by atoms with E-state index in [-0.39, 0.29) is 29.6 Å². The minimum atomic E-state index is -3.74. The first-order valence-electron chi connectivity index (χ1n) is 24.3. The highest BCUT2D eigenvalue weighted by Gasteiger charge is 2.28. The van der Waals surface area contributed by atoms with Crippen molar-refractivity contribution in [2.24, 2.45) is 11.8 Å². The molecule has 4 aromatic carbocycles. The van der Waals surface area contributed by atoms with Crippen molar-refractivity contribution in [3.05, 3.63) is 161 Å². The Morgan fingerprint density at radius 3 is 1.76 bits per heavy atom. The number of likely N-dealkylation sites (tertiary alicyclic amines) is 1. The second-order valence-electron chi connectivity index (χ2n) is 18.7. The van der Waals surface area contributed by atoms with Gasteiger partial charge in [-0.05, 0) is 121 Å². The van der Waals surface area contributed by atoms with Crippen LogP contribution in [-0.2, 0) is 23.1 Å². The summed E-state index contributed by atoms with van der Waals surface area (Å²) < 4.78 is 28.4. The molecule has 0 aliphatic carbocycles. The van der Waals surface area contributed by atoms with E-state index in [0.29, 0.717) is 29.0 Å². The number of carbonyl (C=O) groups excluding carboxylic acids is 1. The van der Waals surface area contributed by atoms with E-state index in [1.165, 1.54) is 34.1 Å². The number of nitro groups is 1. The maximum atomic E-state index is 13.5. The monoisotopic (exact) mass is 1030 g/mol. The molecule has 2 aliphatic heterocycles. The summed E-state index contributed by atoms with van der Waals surface area (Å²) in [5.41, 5.74) is 5.47. The summed E-state index contributed by atoms with van der Waals surface area (Å²) in [7, 11) is -3.74. The van der Waals surface area contributed by atoms with Crippen molar-refractivity contribution in [2.75, 3.05) is 66.5 Å². The van der Waals surface area contributed by atoms with Crippen LogP contribution >= 0.6 is 24.4 Å². The zero-order chi connectivity index (χ0) is 51.2. The Bertz CT molecular complexity index is 2780. The number of anilines is 3. The highest BCUT2D eigenvalue weighted by molar-refractivity contribution is 7.92. The van der Waals surface area contributed by atoms with Crippen LogP contribution in [0.4, 0.5) is 22.7 Å². The minimum Gasteiger partial charge on any atom is -0.368 e. The number of hydrogen-bond acceptors (Lipinski definition) is 10. The Morgan fingerprint density at radius 1 is 0.722 bits per heavy atom. The molecule has 0 unspecified atom stereocenters. The van der Waals surface area contributed by atoms with Crippen LogP contribution < -0.4 is 24.7 Å². The maximum Gasteiger partial charge on any atom is 0.269 e. The van der Waals surface area contributed by atoms with Crippen molar-refractivity contribution in [3.63, 3.8) is 0 Å². The summed E-state index contributed by atoms with van der Waals surface area (Å²) >= 11 is 11.1. The number of carbonyl (C=O) groups is 1. The van der Waals surface area contributed by atoms with Crippen LogP contribution in [0.1, 0.15) is 73.8 Å². The maximum absolute atomic E-state index is 13.5. The van der Waals surface area contributed by atoms with Gasteiger partial charge in [-0.25, -0.2) is 18.4 Å². The van der Waals surface area contributed by atoms with E-state index >= 15 is 0 Å². The van der Waals surface area contributed by atoms with E-state index < -0.39 is 14.9 Å². The molecule has 20 heteroatoms. The van der Waals surface area contributed by atoms with Crippen LogP contribution in [0.25, 0.3) is 0 Å². The van der Waals surface area contributed by atoms with Crippen molar-refractivity contribution >= 4 is 73.3 Å². The SMILES string of the molecule is CC(C)CNC(=S)N1CCC(c2ccc(N(Cc3cnc[nH]3)S(=O)(=O)c3ccccc3)cc2)CC1.CC(C)CNC(=S)N1CCN(c2ccc(N(Cc3cnc[nH]3)C(=O)c3ccc([N+](=O)[O-])cc3)cc2)CC1. The van der Waals surface area contributed by atoms with Gasteiger partial charge in [0.2, 0.25) is 0 Å². The molecule has 17 nitrogen and oxygen atoms in total. The van der Waals surface area contributed by atoms with Crippen molar-refractivity contribution in [1.29, 1.82) is 0 Å². The largest absolute Gasteiger partial charge is 0.368 e. The van der Waals surface area contributed by atoms with E-state index in [9.17, 15) is 23.3 Å². The summed E-state index contributed by atoms with van der Waals surface area (Å²) in [6.45, 7) is 16.1. The van der Waals surface area contributed by atoms with Gasteiger partial charge in [-0.2, -0.15) is 0 Å². The lowest BCUT2D eigenvalue weighted by molar-refractivity contribution is -0.384. The minimum absolute atomic E-state index is 0.0578. The van der Waals surface area contributed by atoms with Gasteiger partial charge < -0.3 is 40.2 Å². The lowest BCUT2D eigenvalue weighted by Crippen LogP contribution is -2.52. The number of non-ortho nitro benzene ring substituents is 1. The number of benzene rings is 4. The number of H-pyrrole nitrogens is 2. The number of nitrogens with one attached hydrogen (secondary N) is 4. The molecule has 2 fully saturated rings. The van der Waals surface area contributed by atoms with Crippen LogP contribution in [0, 0.1) is 22.0 Å². The molecule has 2 saturated heterocycles.